The van der Waals surface area contributed by atoms with Crippen LogP contribution in [0.2, 0.25) is 0 Å². The number of hydrogen-bond acceptors (Lipinski definition) is 5. The average molecular weight is 439 g/mol. The highest BCUT2D eigenvalue weighted by molar-refractivity contribution is 5.95. The number of anilines is 1. The van der Waals surface area contributed by atoms with E-state index in [2.05, 4.69) is 27.1 Å². The number of rotatable bonds is 7. The molecule has 0 saturated carbocycles. The zero-order valence-corrected chi connectivity index (χ0v) is 18.6. The number of carbonyl (C=O) groups is 2. The van der Waals surface area contributed by atoms with Crippen molar-refractivity contribution in [1.29, 1.82) is 0 Å². The molecular weight excluding hydrogens is 411 g/mol. The Kier molecular flexibility index (Phi) is 7.29. The summed E-state index contributed by atoms with van der Waals surface area (Å²) in [5.74, 6) is -0.388. The molecule has 0 fully saturated rings. The fourth-order valence-electron chi connectivity index (χ4n) is 3.58. The molecule has 0 saturated heterocycles. The van der Waals surface area contributed by atoms with Crippen LogP contribution in [0.1, 0.15) is 43.0 Å². The number of aryl methyl sites for hydroxylation is 3. The number of fused-ring (bicyclic) bond motifs is 1. The van der Waals surface area contributed by atoms with Crippen molar-refractivity contribution in [2.75, 3.05) is 11.4 Å². The molecule has 32 heavy (non-hydrogen) atoms. The first-order valence-corrected chi connectivity index (χ1v) is 10.4. The van der Waals surface area contributed by atoms with Gasteiger partial charge >= 0.3 is 0 Å². The summed E-state index contributed by atoms with van der Waals surface area (Å²) in [7, 11) is 0. The van der Waals surface area contributed by atoms with E-state index < -0.39 is 5.83 Å². The zero-order valence-electron chi connectivity index (χ0n) is 18.6. The van der Waals surface area contributed by atoms with Gasteiger partial charge in [0.1, 0.15) is 11.5 Å². The van der Waals surface area contributed by atoms with Gasteiger partial charge < -0.3 is 5.32 Å². The molecule has 0 unspecified atom stereocenters. The maximum Gasteiger partial charge on any atom is 0.228 e. The highest BCUT2D eigenvalue weighted by Crippen LogP contribution is 2.23. The summed E-state index contributed by atoms with van der Waals surface area (Å²) >= 11 is 0. The van der Waals surface area contributed by atoms with Crippen LogP contribution in [0.15, 0.2) is 47.1 Å². The van der Waals surface area contributed by atoms with Gasteiger partial charge in [-0.1, -0.05) is 0 Å². The van der Waals surface area contributed by atoms with E-state index in [9.17, 15) is 14.0 Å². The number of halogens is 1. The summed E-state index contributed by atoms with van der Waals surface area (Å²) in [4.78, 5) is 34.4. The molecule has 8 nitrogen and oxygen atoms in total. The molecule has 2 amide bonds. The van der Waals surface area contributed by atoms with Crippen molar-refractivity contribution in [3.05, 3.63) is 58.9 Å². The second-order valence-electron chi connectivity index (χ2n) is 7.75. The van der Waals surface area contributed by atoms with Gasteiger partial charge in [0.25, 0.3) is 0 Å². The Morgan fingerprint density at radius 3 is 2.75 bits per heavy atom. The van der Waals surface area contributed by atoms with Gasteiger partial charge in [0.05, 0.1) is 5.69 Å². The Labute approximate surface area is 186 Å². The fourth-order valence-corrected chi connectivity index (χ4v) is 3.58. The van der Waals surface area contributed by atoms with Crippen molar-refractivity contribution in [2.45, 2.75) is 46.6 Å². The van der Waals surface area contributed by atoms with Crippen LogP contribution in [0.3, 0.4) is 0 Å². The van der Waals surface area contributed by atoms with Gasteiger partial charge in [-0.05, 0) is 51.6 Å². The predicted molar refractivity (Wildman–Crippen MR) is 122 cm³/mol. The van der Waals surface area contributed by atoms with Gasteiger partial charge in [-0.15, -0.1) is 0 Å². The number of amides is 2. The molecule has 1 aliphatic rings. The smallest absolute Gasteiger partial charge is 0.228 e. The predicted octanol–water partition coefficient (Wildman–Crippen LogP) is 3.47. The first-order valence-electron chi connectivity index (χ1n) is 10.4. The molecule has 0 radical (unpaired) electrons. The molecular formula is C23H27FN6O2. The molecule has 0 aliphatic carbocycles. The number of hydrogen-bond donors (Lipinski definition) is 1. The summed E-state index contributed by atoms with van der Waals surface area (Å²) in [6.07, 6.45) is 5.19. The van der Waals surface area contributed by atoms with E-state index in [1.54, 1.807) is 24.1 Å². The maximum absolute atomic E-state index is 14.7. The third kappa shape index (κ3) is 5.54. The monoisotopic (exact) mass is 438 g/mol. The first kappa shape index (κ1) is 23.1. The zero-order chi connectivity index (χ0) is 23.3. The molecule has 0 atom stereocenters. The molecule has 0 aromatic carbocycles. The van der Waals surface area contributed by atoms with Crippen LogP contribution in [0.5, 0.6) is 0 Å². The lowest BCUT2D eigenvalue weighted by Gasteiger charge is -2.27. The van der Waals surface area contributed by atoms with Crippen molar-refractivity contribution < 1.29 is 14.0 Å². The minimum absolute atomic E-state index is 0.00662. The van der Waals surface area contributed by atoms with Crippen LogP contribution in [0, 0.1) is 13.8 Å². The van der Waals surface area contributed by atoms with Gasteiger partial charge in [-0.3, -0.25) is 24.5 Å². The highest BCUT2D eigenvalue weighted by atomic mass is 19.1. The summed E-state index contributed by atoms with van der Waals surface area (Å²) in [6, 6.07) is 3.62. The lowest BCUT2D eigenvalue weighted by Crippen LogP contribution is -2.38. The third-order valence-corrected chi connectivity index (χ3v) is 4.99. The van der Waals surface area contributed by atoms with Gasteiger partial charge in [-0.2, -0.15) is 5.10 Å². The van der Waals surface area contributed by atoms with Crippen LogP contribution in [0.4, 0.5) is 10.2 Å². The van der Waals surface area contributed by atoms with E-state index in [1.807, 2.05) is 24.6 Å². The topological polar surface area (TPSA) is 92.5 Å². The molecule has 2 aromatic rings. The fraction of sp³-hybridized carbons (Fsp3) is 0.348. The molecule has 0 bridgehead atoms. The summed E-state index contributed by atoms with van der Waals surface area (Å²) in [6.45, 7) is 10.1. The van der Waals surface area contributed by atoms with Crippen molar-refractivity contribution in [2.24, 2.45) is 4.99 Å². The summed E-state index contributed by atoms with van der Waals surface area (Å²) < 4.78 is 16.5. The van der Waals surface area contributed by atoms with Crippen LogP contribution in [-0.2, 0) is 16.1 Å². The Bertz CT molecular complexity index is 1100. The van der Waals surface area contributed by atoms with Crippen molar-refractivity contribution in [3.63, 3.8) is 0 Å². The van der Waals surface area contributed by atoms with Gasteiger partial charge in [0, 0.05) is 55.7 Å². The minimum atomic E-state index is -0.641. The van der Waals surface area contributed by atoms with Gasteiger partial charge in [-0.25, -0.2) is 9.07 Å². The van der Waals surface area contributed by atoms with Crippen LogP contribution in [-0.4, -0.2) is 39.8 Å². The van der Waals surface area contributed by atoms with E-state index >= 15 is 0 Å². The Morgan fingerprint density at radius 1 is 1.25 bits per heavy atom. The lowest BCUT2D eigenvalue weighted by molar-refractivity contribution is -0.124. The largest absolute Gasteiger partial charge is 0.330 e. The number of carbonyl (C=O) groups excluding carboxylic acids is 2. The SMILES string of the molecule is C=N/C(=C(F)\C=C(/C)NC(=O)CCC(=O)N1CCCn2nc(C)cc21)c1cncc(C)c1. The molecule has 2 aromatic heterocycles. The summed E-state index contributed by atoms with van der Waals surface area (Å²) in [5, 5.41) is 6.99. The van der Waals surface area contributed by atoms with Gasteiger partial charge in [0.15, 0.2) is 5.83 Å². The first-order chi connectivity index (χ1) is 15.3. The van der Waals surface area contributed by atoms with E-state index in [-0.39, 0.29) is 30.4 Å². The van der Waals surface area contributed by atoms with E-state index in [4.69, 9.17) is 0 Å². The van der Waals surface area contributed by atoms with E-state index in [0.717, 1.165) is 30.0 Å². The number of aliphatic imine (C=N–C) groups is 1. The van der Waals surface area contributed by atoms with Crippen LogP contribution < -0.4 is 10.2 Å². The number of nitrogens with zero attached hydrogens (tertiary/aromatic N) is 5. The normalized spacial score (nSPS) is 14.5. The molecule has 0 spiro atoms. The summed E-state index contributed by atoms with van der Waals surface area (Å²) in [5.41, 5.74) is 2.55. The molecule has 3 rings (SSSR count). The number of allylic oxidation sites excluding steroid dienone is 3. The van der Waals surface area contributed by atoms with Crippen molar-refractivity contribution >= 4 is 30.0 Å². The lowest BCUT2D eigenvalue weighted by atomic mass is 10.1. The number of nitrogens with one attached hydrogen (secondary N) is 1. The van der Waals surface area contributed by atoms with Crippen molar-refractivity contribution in [3.8, 4) is 0 Å². The Morgan fingerprint density at radius 2 is 2.03 bits per heavy atom. The number of pyridine rings is 1. The molecule has 9 heteroatoms. The maximum atomic E-state index is 14.7. The van der Waals surface area contributed by atoms with E-state index in [0.29, 0.717) is 17.8 Å². The second kappa shape index (κ2) is 10.1. The quantitative estimate of drug-likeness (QED) is 0.529. The Hall–Kier alpha value is -3.62. The Balaban J connectivity index is 1.60. The minimum Gasteiger partial charge on any atom is -0.330 e. The molecule has 1 N–H and O–H groups in total. The second-order valence-corrected chi connectivity index (χ2v) is 7.75. The molecule has 3 heterocycles. The van der Waals surface area contributed by atoms with Crippen LogP contribution >= 0.6 is 0 Å². The van der Waals surface area contributed by atoms with E-state index in [1.165, 1.54) is 12.3 Å². The number of aromatic nitrogens is 3. The average Bonchev–Trinajstić information content (AvgIpc) is 3.12. The molecule has 1 aliphatic heterocycles. The van der Waals surface area contributed by atoms with Crippen LogP contribution in [0.25, 0.3) is 5.70 Å². The third-order valence-electron chi connectivity index (χ3n) is 4.99. The standard InChI is InChI=1S/C23H27FN6O2/c1-15-10-18(14-26-13-15)23(25-4)19(24)11-16(2)27-20(31)6-7-22(32)29-8-5-9-30-21(29)12-17(3)28-30/h10-14H,4-9H2,1-3H3,(H,27,31)/b16-11+,23-19+. The van der Waals surface area contributed by atoms with Crippen molar-refractivity contribution in [1.82, 2.24) is 20.1 Å². The molecule has 168 valence electrons. The highest BCUT2D eigenvalue weighted by Gasteiger charge is 2.24. The van der Waals surface area contributed by atoms with Gasteiger partial charge in [0.2, 0.25) is 11.8 Å².